The molecule has 0 bridgehead atoms. The summed E-state index contributed by atoms with van der Waals surface area (Å²) in [5, 5.41) is 11.3. The van der Waals surface area contributed by atoms with Gasteiger partial charge in [-0.2, -0.15) is 5.10 Å². The maximum absolute atomic E-state index is 4.72. The molecule has 0 saturated carbocycles. The molecule has 1 aromatic heterocycles. The number of halogens is 1. The van der Waals surface area contributed by atoms with Gasteiger partial charge in [-0.15, -0.1) is 24.0 Å². The van der Waals surface area contributed by atoms with Gasteiger partial charge in [-0.05, 0) is 51.0 Å². The number of anilines is 1. The van der Waals surface area contributed by atoms with E-state index < -0.39 is 0 Å². The molecule has 1 aliphatic rings. The van der Waals surface area contributed by atoms with Gasteiger partial charge in [0.2, 0.25) is 0 Å². The largest absolute Gasteiger partial charge is 0.364 e. The van der Waals surface area contributed by atoms with Crippen molar-refractivity contribution in [2.45, 2.75) is 40.3 Å². The lowest BCUT2D eigenvalue weighted by atomic mass is 10.2. The van der Waals surface area contributed by atoms with Crippen LogP contribution < -0.4 is 15.5 Å². The first kappa shape index (κ1) is 23.3. The van der Waals surface area contributed by atoms with E-state index in [4.69, 9.17) is 4.99 Å². The van der Waals surface area contributed by atoms with Crippen LogP contribution in [-0.2, 0) is 13.1 Å². The van der Waals surface area contributed by atoms with Crippen LogP contribution in [0.3, 0.4) is 0 Å². The van der Waals surface area contributed by atoms with E-state index in [1.54, 1.807) is 0 Å². The highest BCUT2D eigenvalue weighted by Gasteiger charge is 2.07. The zero-order valence-corrected chi connectivity index (χ0v) is 20.0. The smallest absolute Gasteiger partial charge is 0.191 e. The molecule has 0 unspecified atom stereocenters. The second-order valence-corrected chi connectivity index (χ2v) is 7.17. The molecule has 0 aliphatic carbocycles. The van der Waals surface area contributed by atoms with E-state index in [2.05, 4.69) is 81.6 Å². The fraction of sp³-hybridized carbons (Fsp3) is 0.455. The number of nitrogens with zero attached hydrogens (tertiary/aromatic N) is 4. The molecule has 0 spiro atoms. The van der Waals surface area contributed by atoms with Crippen molar-refractivity contribution >= 4 is 35.6 Å². The van der Waals surface area contributed by atoms with Gasteiger partial charge in [0.25, 0.3) is 0 Å². The number of guanidine groups is 1. The lowest BCUT2D eigenvalue weighted by molar-refractivity contribution is 0.555. The first-order valence-electron chi connectivity index (χ1n) is 10.2. The van der Waals surface area contributed by atoms with Crippen molar-refractivity contribution in [3.8, 4) is 0 Å². The van der Waals surface area contributed by atoms with Crippen LogP contribution in [0.15, 0.2) is 47.5 Å². The highest BCUT2D eigenvalue weighted by molar-refractivity contribution is 14.0. The minimum atomic E-state index is 0. The summed E-state index contributed by atoms with van der Waals surface area (Å²) in [5.74, 6) is 0.865. The van der Waals surface area contributed by atoms with Crippen molar-refractivity contribution in [3.63, 3.8) is 0 Å². The Morgan fingerprint density at radius 1 is 1.10 bits per heavy atom. The molecule has 0 atom stereocenters. The molecule has 1 aromatic carbocycles. The summed E-state index contributed by atoms with van der Waals surface area (Å²) >= 11 is 0. The Kier molecular flexibility index (Phi) is 9.50. The highest BCUT2D eigenvalue weighted by Crippen LogP contribution is 2.17. The molecule has 2 aromatic rings. The summed E-state index contributed by atoms with van der Waals surface area (Å²) in [5.41, 5.74) is 4.78. The number of rotatable bonds is 8. The van der Waals surface area contributed by atoms with Crippen molar-refractivity contribution in [3.05, 3.63) is 59.4 Å². The number of aliphatic imine (C=N–C) groups is 1. The van der Waals surface area contributed by atoms with Gasteiger partial charge in [0, 0.05) is 44.1 Å². The molecule has 0 saturated heterocycles. The molecule has 1 aliphatic heterocycles. The second-order valence-electron chi connectivity index (χ2n) is 7.17. The van der Waals surface area contributed by atoms with E-state index in [9.17, 15) is 0 Å². The Hall–Kier alpha value is -2.03. The van der Waals surface area contributed by atoms with Crippen molar-refractivity contribution in [2.24, 2.45) is 4.99 Å². The Morgan fingerprint density at radius 2 is 1.83 bits per heavy atom. The van der Waals surface area contributed by atoms with Crippen molar-refractivity contribution in [1.29, 1.82) is 0 Å². The minimum absolute atomic E-state index is 0. The Morgan fingerprint density at radius 3 is 2.45 bits per heavy atom. The molecule has 2 N–H and O–H groups in total. The van der Waals surface area contributed by atoms with Gasteiger partial charge < -0.3 is 15.5 Å². The first-order chi connectivity index (χ1) is 13.7. The summed E-state index contributed by atoms with van der Waals surface area (Å²) in [6.45, 7) is 11.5. The van der Waals surface area contributed by atoms with Crippen LogP contribution in [0.4, 0.5) is 5.69 Å². The molecule has 158 valence electrons. The maximum Gasteiger partial charge on any atom is 0.191 e. The molecule has 6 nitrogen and oxygen atoms in total. The van der Waals surface area contributed by atoms with E-state index in [0.29, 0.717) is 6.54 Å². The second kappa shape index (κ2) is 11.8. The van der Waals surface area contributed by atoms with Gasteiger partial charge in [0.15, 0.2) is 5.96 Å². The SMILES string of the molecule is CCNC(=NCc1ccc(N2CC=CC2)cc1)NCCCn1nc(C)cc1C.I. The van der Waals surface area contributed by atoms with Gasteiger partial charge in [-0.25, -0.2) is 4.99 Å². The molecule has 2 heterocycles. The lowest BCUT2D eigenvalue weighted by Gasteiger charge is -2.17. The van der Waals surface area contributed by atoms with Gasteiger partial charge in [-0.1, -0.05) is 24.3 Å². The van der Waals surface area contributed by atoms with E-state index in [1.807, 2.05) is 6.92 Å². The molecular weight excluding hydrogens is 475 g/mol. The molecule has 29 heavy (non-hydrogen) atoms. The predicted molar refractivity (Wildman–Crippen MR) is 132 cm³/mol. The third kappa shape index (κ3) is 7.06. The van der Waals surface area contributed by atoms with Crippen LogP contribution in [0.5, 0.6) is 0 Å². The summed E-state index contributed by atoms with van der Waals surface area (Å²) in [7, 11) is 0. The average Bonchev–Trinajstić information content (AvgIpc) is 3.33. The Balaban J connectivity index is 0.00000300. The number of aryl methyl sites for hydroxylation is 3. The topological polar surface area (TPSA) is 57.5 Å². The van der Waals surface area contributed by atoms with Crippen LogP contribution >= 0.6 is 24.0 Å². The monoisotopic (exact) mass is 508 g/mol. The fourth-order valence-electron chi connectivity index (χ4n) is 3.35. The Bertz CT molecular complexity index is 801. The van der Waals surface area contributed by atoms with E-state index >= 15 is 0 Å². The fourth-order valence-corrected chi connectivity index (χ4v) is 3.35. The predicted octanol–water partition coefficient (Wildman–Crippen LogP) is 3.64. The van der Waals surface area contributed by atoms with Gasteiger partial charge in [-0.3, -0.25) is 4.68 Å². The normalized spacial score (nSPS) is 13.5. The third-order valence-corrected chi connectivity index (χ3v) is 4.83. The number of hydrogen-bond donors (Lipinski definition) is 2. The molecule has 0 amide bonds. The van der Waals surface area contributed by atoms with Gasteiger partial charge in [0.1, 0.15) is 0 Å². The molecular formula is C22H33IN6. The summed E-state index contributed by atoms with van der Waals surface area (Å²) in [6.07, 6.45) is 5.42. The quantitative estimate of drug-likeness (QED) is 0.188. The molecule has 3 rings (SSSR count). The molecule has 0 fully saturated rings. The van der Waals surface area contributed by atoms with Crippen LogP contribution in [0, 0.1) is 13.8 Å². The van der Waals surface area contributed by atoms with E-state index in [1.165, 1.54) is 16.9 Å². The maximum atomic E-state index is 4.72. The lowest BCUT2D eigenvalue weighted by Crippen LogP contribution is -2.38. The van der Waals surface area contributed by atoms with Crippen LogP contribution in [-0.4, -0.2) is 41.9 Å². The number of hydrogen-bond acceptors (Lipinski definition) is 3. The van der Waals surface area contributed by atoms with Crippen LogP contribution in [0.2, 0.25) is 0 Å². The van der Waals surface area contributed by atoms with Crippen molar-refractivity contribution < 1.29 is 0 Å². The molecule has 0 radical (unpaired) electrons. The minimum Gasteiger partial charge on any atom is -0.364 e. The van der Waals surface area contributed by atoms with Crippen LogP contribution in [0.25, 0.3) is 0 Å². The zero-order valence-electron chi connectivity index (χ0n) is 17.7. The van der Waals surface area contributed by atoms with Gasteiger partial charge in [0.05, 0.1) is 12.2 Å². The first-order valence-corrected chi connectivity index (χ1v) is 10.2. The standard InChI is InChI=1S/C22H32N6.HI/c1-4-23-22(24-12-7-15-28-19(3)16-18(2)26-28)25-17-20-8-10-21(11-9-20)27-13-5-6-14-27;/h5-6,8-11,16H,4,7,12-15,17H2,1-3H3,(H2,23,24,25);1H. The van der Waals surface area contributed by atoms with Gasteiger partial charge >= 0.3 is 0 Å². The average molecular weight is 508 g/mol. The number of aromatic nitrogens is 2. The van der Waals surface area contributed by atoms with E-state index in [-0.39, 0.29) is 24.0 Å². The number of benzene rings is 1. The van der Waals surface area contributed by atoms with Crippen molar-refractivity contribution in [2.75, 3.05) is 31.1 Å². The van der Waals surface area contributed by atoms with E-state index in [0.717, 1.165) is 50.8 Å². The Labute approximate surface area is 191 Å². The summed E-state index contributed by atoms with van der Waals surface area (Å²) < 4.78 is 2.07. The zero-order chi connectivity index (χ0) is 19.8. The van der Waals surface area contributed by atoms with Crippen LogP contribution in [0.1, 0.15) is 30.3 Å². The van der Waals surface area contributed by atoms with Crippen molar-refractivity contribution in [1.82, 2.24) is 20.4 Å². The third-order valence-electron chi connectivity index (χ3n) is 4.83. The number of nitrogens with one attached hydrogen (secondary N) is 2. The highest BCUT2D eigenvalue weighted by atomic mass is 127. The molecule has 7 heteroatoms. The summed E-state index contributed by atoms with van der Waals surface area (Å²) in [6, 6.07) is 10.8. The summed E-state index contributed by atoms with van der Waals surface area (Å²) in [4.78, 5) is 7.07.